The summed E-state index contributed by atoms with van der Waals surface area (Å²) in [5.41, 5.74) is 0. The number of hydrogen-bond donors (Lipinski definition) is 0. The van der Waals surface area contributed by atoms with Crippen LogP contribution in [0.3, 0.4) is 0 Å². The highest BCUT2D eigenvalue weighted by Crippen LogP contribution is 1.93. The predicted octanol–water partition coefficient (Wildman–Crippen LogP) is 0.835. The third kappa shape index (κ3) is 3.85. The van der Waals surface area contributed by atoms with E-state index in [0.29, 0.717) is 6.42 Å². The van der Waals surface area contributed by atoms with Crippen LogP contribution >= 0.6 is 0 Å². The molecular formula is C8H12O4. The van der Waals surface area contributed by atoms with Crippen molar-refractivity contribution in [2.75, 3.05) is 0 Å². The molecule has 0 aromatic carbocycles. The van der Waals surface area contributed by atoms with Crippen LogP contribution in [0.15, 0.2) is 0 Å². The van der Waals surface area contributed by atoms with Crippen molar-refractivity contribution in [2.45, 2.75) is 33.1 Å². The van der Waals surface area contributed by atoms with E-state index in [0.717, 1.165) is 0 Å². The van der Waals surface area contributed by atoms with Gasteiger partial charge in [-0.3, -0.25) is 9.59 Å². The molecule has 4 nitrogen and oxygen atoms in total. The van der Waals surface area contributed by atoms with Crippen LogP contribution in [-0.2, 0) is 19.1 Å². The molecule has 0 atom stereocenters. The summed E-state index contributed by atoms with van der Waals surface area (Å²) >= 11 is 0. The fraction of sp³-hybridized carbons (Fsp3) is 0.625. The Labute approximate surface area is 70.9 Å². The third-order valence-corrected chi connectivity index (χ3v) is 1.20. The number of esters is 2. The summed E-state index contributed by atoms with van der Waals surface area (Å²) in [4.78, 5) is 32.0. The Hall–Kier alpha value is -1.19. The molecule has 0 rings (SSSR count). The average molecular weight is 172 g/mol. The molecule has 0 fully saturated rings. The smallest absolute Gasteiger partial charge is 0.382 e. The maximum Gasteiger partial charge on any atom is 0.382 e. The molecule has 0 aliphatic rings. The molecule has 0 amide bonds. The van der Waals surface area contributed by atoms with Crippen LogP contribution in [-0.4, -0.2) is 17.7 Å². The second kappa shape index (κ2) is 5.46. The van der Waals surface area contributed by atoms with Gasteiger partial charge in [-0.2, -0.15) is 0 Å². The number of rotatable bonds is 4. The molecule has 0 saturated carbocycles. The SMILES string of the molecule is CCCC(=O)C(=O)OC(=O)CC. The van der Waals surface area contributed by atoms with Crippen molar-refractivity contribution in [2.24, 2.45) is 0 Å². The van der Waals surface area contributed by atoms with Gasteiger partial charge in [0.1, 0.15) is 0 Å². The molecule has 0 aromatic rings. The van der Waals surface area contributed by atoms with E-state index in [4.69, 9.17) is 0 Å². The van der Waals surface area contributed by atoms with Crippen LogP contribution in [0, 0.1) is 0 Å². The lowest BCUT2D eigenvalue weighted by molar-refractivity contribution is -0.164. The van der Waals surface area contributed by atoms with Gasteiger partial charge in [-0.25, -0.2) is 4.79 Å². The molecule has 0 spiro atoms. The summed E-state index contributed by atoms with van der Waals surface area (Å²) in [6.45, 7) is 3.33. The van der Waals surface area contributed by atoms with Gasteiger partial charge in [0.05, 0.1) is 0 Å². The van der Waals surface area contributed by atoms with Crippen molar-refractivity contribution in [3.8, 4) is 0 Å². The lowest BCUT2D eigenvalue weighted by Gasteiger charge is -1.98. The largest absolute Gasteiger partial charge is 0.387 e. The Morgan fingerprint density at radius 1 is 1.17 bits per heavy atom. The Morgan fingerprint density at radius 2 is 1.75 bits per heavy atom. The van der Waals surface area contributed by atoms with Gasteiger partial charge in [-0.15, -0.1) is 0 Å². The quantitative estimate of drug-likeness (QED) is 0.358. The fourth-order valence-electron chi connectivity index (χ4n) is 0.562. The molecule has 0 heterocycles. The maximum atomic E-state index is 10.8. The topological polar surface area (TPSA) is 60.4 Å². The van der Waals surface area contributed by atoms with Crippen LogP contribution < -0.4 is 0 Å². The highest BCUT2D eigenvalue weighted by molar-refractivity contribution is 6.35. The average Bonchev–Trinajstić information content (AvgIpc) is 2.04. The first-order valence-electron chi connectivity index (χ1n) is 3.89. The number of carbonyl (C=O) groups excluding carboxylic acids is 3. The van der Waals surface area contributed by atoms with E-state index in [1.807, 2.05) is 0 Å². The van der Waals surface area contributed by atoms with Gasteiger partial charge in [-0.1, -0.05) is 13.8 Å². The van der Waals surface area contributed by atoms with E-state index in [1.165, 1.54) is 0 Å². The molecule has 4 heteroatoms. The number of carbonyl (C=O) groups is 3. The number of ether oxygens (including phenoxy) is 1. The van der Waals surface area contributed by atoms with Gasteiger partial charge in [0.15, 0.2) is 0 Å². The van der Waals surface area contributed by atoms with Crippen LogP contribution in [0.1, 0.15) is 33.1 Å². The highest BCUT2D eigenvalue weighted by Gasteiger charge is 2.16. The molecule has 0 unspecified atom stereocenters. The summed E-state index contributed by atoms with van der Waals surface area (Å²) in [5, 5.41) is 0. The van der Waals surface area contributed by atoms with E-state index in [-0.39, 0.29) is 12.8 Å². The van der Waals surface area contributed by atoms with Crippen molar-refractivity contribution in [1.82, 2.24) is 0 Å². The van der Waals surface area contributed by atoms with Gasteiger partial charge in [0.25, 0.3) is 0 Å². The van der Waals surface area contributed by atoms with Gasteiger partial charge in [-0.05, 0) is 6.42 Å². The Bertz CT molecular complexity index is 195. The Kier molecular flexibility index (Phi) is 4.92. The van der Waals surface area contributed by atoms with E-state index in [9.17, 15) is 14.4 Å². The first kappa shape index (κ1) is 10.8. The zero-order valence-corrected chi connectivity index (χ0v) is 7.25. The minimum absolute atomic E-state index is 0.102. The standard InChI is InChI=1S/C8H12O4/c1-3-5-6(9)8(11)12-7(10)4-2/h3-5H2,1-2H3. The van der Waals surface area contributed by atoms with Gasteiger partial charge >= 0.3 is 11.9 Å². The van der Waals surface area contributed by atoms with Gasteiger partial charge in [0.2, 0.25) is 5.78 Å². The third-order valence-electron chi connectivity index (χ3n) is 1.20. The minimum atomic E-state index is -1.04. The zero-order valence-electron chi connectivity index (χ0n) is 7.25. The number of hydrogen-bond acceptors (Lipinski definition) is 4. The molecular weight excluding hydrogens is 160 g/mol. The summed E-state index contributed by atoms with van der Waals surface area (Å²) in [5.74, 6) is -2.34. The van der Waals surface area contributed by atoms with Crippen molar-refractivity contribution >= 4 is 17.7 Å². The fourth-order valence-corrected chi connectivity index (χ4v) is 0.562. The maximum absolute atomic E-state index is 10.8. The van der Waals surface area contributed by atoms with E-state index < -0.39 is 17.7 Å². The van der Waals surface area contributed by atoms with Crippen LogP contribution in [0.2, 0.25) is 0 Å². The molecule has 0 radical (unpaired) electrons. The predicted molar refractivity (Wildman–Crippen MR) is 41.3 cm³/mol. The molecule has 0 bridgehead atoms. The molecule has 68 valence electrons. The van der Waals surface area contributed by atoms with Crippen molar-refractivity contribution < 1.29 is 19.1 Å². The summed E-state index contributed by atoms with van der Waals surface area (Å²) in [6, 6.07) is 0. The van der Waals surface area contributed by atoms with Crippen molar-refractivity contribution in [1.29, 1.82) is 0 Å². The summed E-state index contributed by atoms with van der Waals surface area (Å²) in [7, 11) is 0. The zero-order chi connectivity index (χ0) is 9.56. The van der Waals surface area contributed by atoms with Crippen LogP contribution in [0.5, 0.6) is 0 Å². The van der Waals surface area contributed by atoms with E-state index in [2.05, 4.69) is 4.74 Å². The molecule has 12 heavy (non-hydrogen) atoms. The Morgan fingerprint density at radius 3 is 2.17 bits per heavy atom. The van der Waals surface area contributed by atoms with Crippen LogP contribution in [0.25, 0.3) is 0 Å². The lowest BCUT2D eigenvalue weighted by Crippen LogP contribution is -2.20. The molecule has 0 aromatic heterocycles. The van der Waals surface area contributed by atoms with Crippen molar-refractivity contribution in [3.05, 3.63) is 0 Å². The normalized spacial score (nSPS) is 9.17. The van der Waals surface area contributed by atoms with Gasteiger partial charge in [0, 0.05) is 12.8 Å². The monoisotopic (exact) mass is 172 g/mol. The van der Waals surface area contributed by atoms with E-state index in [1.54, 1.807) is 13.8 Å². The minimum Gasteiger partial charge on any atom is -0.387 e. The number of Topliss-reactive ketones (excluding diaryl/α,β-unsaturated/α-hetero) is 1. The summed E-state index contributed by atoms with van der Waals surface area (Å²) in [6.07, 6.45) is 0.815. The molecule has 0 N–H and O–H groups in total. The second-order valence-corrected chi connectivity index (χ2v) is 2.29. The number of ketones is 1. The first-order valence-corrected chi connectivity index (χ1v) is 3.89. The lowest BCUT2D eigenvalue weighted by atomic mass is 10.2. The molecule has 0 saturated heterocycles. The van der Waals surface area contributed by atoms with Gasteiger partial charge < -0.3 is 4.74 Å². The first-order chi connectivity index (χ1) is 5.61. The highest BCUT2D eigenvalue weighted by atomic mass is 16.6. The van der Waals surface area contributed by atoms with E-state index >= 15 is 0 Å². The Balaban J connectivity index is 3.87. The molecule has 0 aliphatic carbocycles. The van der Waals surface area contributed by atoms with Crippen LogP contribution in [0.4, 0.5) is 0 Å². The van der Waals surface area contributed by atoms with Crippen molar-refractivity contribution in [3.63, 3.8) is 0 Å². The molecule has 0 aliphatic heterocycles. The second-order valence-electron chi connectivity index (χ2n) is 2.29. The summed E-state index contributed by atoms with van der Waals surface area (Å²) < 4.78 is 4.19.